The lowest BCUT2D eigenvalue weighted by Gasteiger charge is -2.30. The number of rotatable bonds is 2. The van der Waals surface area contributed by atoms with Crippen LogP contribution in [0, 0.1) is 6.92 Å². The Kier molecular flexibility index (Phi) is 3.67. The lowest BCUT2D eigenvalue weighted by Crippen LogP contribution is -2.33. The van der Waals surface area contributed by atoms with Gasteiger partial charge in [0.2, 0.25) is 0 Å². The highest BCUT2D eigenvalue weighted by molar-refractivity contribution is 5.83. The summed E-state index contributed by atoms with van der Waals surface area (Å²) < 4.78 is 63.4. The zero-order valence-corrected chi connectivity index (χ0v) is 15.0. The molecule has 1 saturated heterocycles. The highest BCUT2D eigenvalue weighted by Gasteiger charge is 2.31. The Balaban J connectivity index is 1.71. The minimum absolute atomic E-state index is 0.126. The van der Waals surface area contributed by atoms with Gasteiger partial charge in [-0.25, -0.2) is 4.98 Å². The Morgan fingerprint density at radius 1 is 1.29 bits per heavy atom. The van der Waals surface area contributed by atoms with Crippen molar-refractivity contribution in [3.63, 3.8) is 0 Å². The van der Waals surface area contributed by atoms with Crippen LogP contribution in [0.5, 0.6) is 5.75 Å². The second-order valence-electron chi connectivity index (χ2n) is 6.97. The summed E-state index contributed by atoms with van der Waals surface area (Å²) in [6.07, 6.45) is -1.51. The van der Waals surface area contributed by atoms with Crippen LogP contribution in [0.2, 0.25) is 0 Å². The monoisotopic (exact) mass is 394 g/mol. The van der Waals surface area contributed by atoms with Gasteiger partial charge in [0.15, 0.2) is 5.65 Å². The van der Waals surface area contributed by atoms with Crippen molar-refractivity contribution >= 4 is 11.2 Å². The molecule has 4 rings (SSSR count). The van der Waals surface area contributed by atoms with Crippen LogP contribution in [0.1, 0.15) is 34.1 Å². The van der Waals surface area contributed by atoms with Gasteiger partial charge in [0.1, 0.15) is 17.0 Å². The number of hydrogen-bond donors (Lipinski definition) is 1. The molecule has 0 amide bonds. The number of hydrogen-bond acceptors (Lipinski definition) is 5. The molecule has 3 aromatic rings. The van der Waals surface area contributed by atoms with Crippen molar-refractivity contribution in [3.8, 4) is 17.0 Å². The van der Waals surface area contributed by atoms with Gasteiger partial charge < -0.3 is 14.6 Å². The molecule has 1 aliphatic rings. The van der Waals surface area contributed by atoms with Crippen LogP contribution >= 0.6 is 0 Å². The van der Waals surface area contributed by atoms with Crippen molar-refractivity contribution in [1.29, 1.82) is 0 Å². The van der Waals surface area contributed by atoms with Crippen molar-refractivity contribution < 1.29 is 22.4 Å². The molecule has 9 heteroatoms. The molecule has 148 valence electrons. The summed E-state index contributed by atoms with van der Waals surface area (Å²) in [5.74, 6) is -0.549. The molecule has 3 heterocycles. The van der Waals surface area contributed by atoms with E-state index in [1.54, 1.807) is 17.8 Å². The Labute approximate surface area is 163 Å². The van der Waals surface area contributed by atoms with Crippen molar-refractivity contribution in [2.45, 2.75) is 32.0 Å². The number of imidazole rings is 1. The highest BCUT2D eigenvalue weighted by Crippen LogP contribution is 2.37. The molecule has 0 aliphatic carbocycles. The molecule has 28 heavy (non-hydrogen) atoms. The van der Waals surface area contributed by atoms with Crippen molar-refractivity contribution in [2.75, 3.05) is 20.1 Å². The fraction of sp³-hybridized carbons (Fsp3) is 0.421. The van der Waals surface area contributed by atoms with E-state index in [0.717, 1.165) is 18.6 Å². The Bertz CT molecular complexity index is 1130. The topological polar surface area (TPSA) is 67.1 Å². The summed E-state index contributed by atoms with van der Waals surface area (Å²) in [5, 5.41) is 18.5. The van der Waals surface area contributed by atoms with Crippen LogP contribution in [0.25, 0.3) is 22.4 Å². The number of piperidine rings is 1. The molecule has 1 fully saturated rings. The molecule has 0 unspecified atom stereocenters. The van der Waals surface area contributed by atoms with Crippen LogP contribution in [-0.4, -0.2) is 49.8 Å². The number of aromatic hydroxyl groups is 1. The maximum Gasteiger partial charge on any atom is 0.416 e. The highest BCUT2D eigenvalue weighted by atomic mass is 19.4. The maximum atomic E-state index is 12.9. The van der Waals surface area contributed by atoms with Crippen LogP contribution in [0.3, 0.4) is 0 Å². The lowest BCUT2D eigenvalue weighted by atomic mass is 10.0. The van der Waals surface area contributed by atoms with E-state index in [9.17, 15) is 18.3 Å². The standard InChI is InChI=1S/C19H20F3N5O/c1-11-16(14-6-5-12(8-15(14)28)19(20,21)22)24-25-18-17(11)23-10-27(18)13-4-3-7-26(2)9-13/h5-6,8,10,13,28H,3-4,7,9H2,1-2H3/t13-/m1/s1/i2D3. The number of benzene rings is 1. The van der Waals surface area contributed by atoms with E-state index >= 15 is 0 Å². The average molecular weight is 394 g/mol. The van der Waals surface area contributed by atoms with Gasteiger partial charge in [0.05, 0.1) is 11.9 Å². The predicted molar refractivity (Wildman–Crippen MR) is 97.9 cm³/mol. The molecular formula is C19H20F3N5O. The fourth-order valence-corrected chi connectivity index (χ4v) is 3.62. The van der Waals surface area contributed by atoms with E-state index in [-0.39, 0.29) is 17.3 Å². The van der Waals surface area contributed by atoms with Crippen molar-refractivity contribution in [2.24, 2.45) is 0 Å². The largest absolute Gasteiger partial charge is 0.507 e. The third kappa shape index (κ3) is 3.19. The Morgan fingerprint density at radius 2 is 2.11 bits per heavy atom. The van der Waals surface area contributed by atoms with Crippen molar-refractivity contribution in [3.05, 3.63) is 35.7 Å². The molecule has 1 aromatic carbocycles. The van der Waals surface area contributed by atoms with E-state index < -0.39 is 24.5 Å². The molecule has 1 aliphatic heterocycles. The first kappa shape index (κ1) is 15.3. The van der Waals surface area contributed by atoms with Gasteiger partial charge in [-0.3, -0.25) is 0 Å². The zero-order chi connectivity index (χ0) is 22.6. The normalized spacial score (nSPS) is 20.7. The van der Waals surface area contributed by atoms with Crippen LogP contribution in [0.15, 0.2) is 24.5 Å². The van der Waals surface area contributed by atoms with Crippen LogP contribution in [-0.2, 0) is 6.18 Å². The summed E-state index contributed by atoms with van der Waals surface area (Å²) in [6, 6.07) is 2.56. The molecule has 2 aromatic heterocycles. The zero-order valence-electron chi connectivity index (χ0n) is 18.0. The molecule has 0 spiro atoms. The molecular weight excluding hydrogens is 371 g/mol. The summed E-state index contributed by atoms with van der Waals surface area (Å²) in [7, 11) is 0. The van der Waals surface area contributed by atoms with Crippen molar-refractivity contribution in [1.82, 2.24) is 24.6 Å². The molecule has 1 N–H and O–H groups in total. The lowest BCUT2D eigenvalue weighted by molar-refractivity contribution is -0.137. The summed E-state index contributed by atoms with van der Waals surface area (Å²) >= 11 is 0. The van der Waals surface area contributed by atoms with E-state index in [1.165, 1.54) is 4.90 Å². The minimum Gasteiger partial charge on any atom is -0.507 e. The molecule has 0 saturated carbocycles. The Morgan fingerprint density at radius 3 is 2.82 bits per heavy atom. The van der Waals surface area contributed by atoms with Gasteiger partial charge in [-0.2, -0.15) is 13.2 Å². The summed E-state index contributed by atoms with van der Waals surface area (Å²) in [6.45, 7) is 0.339. The molecule has 1 atom stereocenters. The molecule has 6 nitrogen and oxygen atoms in total. The van der Waals surface area contributed by atoms with Gasteiger partial charge >= 0.3 is 6.18 Å². The van der Waals surface area contributed by atoms with Crippen LogP contribution < -0.4 is 0 Å². The van der Waals surface area contributed by atoms with E-state index in [0.29, 0.717) is 42.3 Å². The number of aromatic nitrogens is 4. The second-order valence-corrected chi connectivity index (χ2v) is 6.97. The number of nitrogens with zero attached hydrogens (tertiary/aromatic N) is 5. The maximum absolute atomic E-state index is 12.9. The number of phenols is 1. The quantitative estimate of drug-likeness (QED) is 0.716. The Hall–Kier alpha value is -2.68. The van der Waals surface area contributed by atoms with Gasteiger partial charge in [0, 0.05) is 27.8 Å². The molecule has 0 bridgehead atoms. The number of likely N-dealkylation sites (N-methyl/N-ethyl adjacent to an activating group) is 1. The average Bonchev–Trinajstić information content (AvgIpc) is 3.12. The van der Waals surface area contributed by atoms with Gasteiger partial charge in [-0.1, -0.05) is 0 Å². The number of likely N-dealkylation sites (tertiary alicyclic amines) is 1. The van der Waals surface area contributed by atoms with Crippen LogP contribution in [0.4, 0.5) is 13.2 Å². The number of fused-ring (bicyclic) bond motifs is 1. The third-order valence-electron chi connectivity index (χ3n) is 5.09. The van der Waals surface area contributed by atoms with Gasteiger partial charge in [-0.15, -0.1) is 10.2 Å². The predicted octanol–water partition coefficient (Wildman–Crippen LogP) is 3.79. The summed E-state index contributed by atoms with van der Waals surface area (Å²) in [4.78, 5) is 5.84. The summed E-state index contributed by atoms with van der Waals surface area (Å²) in [5.41, 5.74) is 0.918. The SMILES string of the molecule is [2H]C([2H])([2H])N1CCC[C@@H](n2cnc3c(C)c(-c4ccc(C(F)(F)F)cc4O)nnc32)C1. The van der Waals surface area contributed by atoms with E-state index in [2.05, 4.69) is 15.2 Å². The first-order chi connectivity index (χ1) is 14.5. The number of alkyl halides is 3. The first-order valence-electron chi connectivity index (χ1n) is 10.3. The van der Waals surface area contributed by atoms with E-state index in [4.69, 9.17) is 4.11 Å². The number of phenolic OH excluding ortho intramolecular Hbond substituents is 1. The van der Waals surface area contributed by atoms with Gasteiger partial charge in [-0.05, 0) is 51.5 Å². The second kappa shape index (κ2) is 6.73. The van der Waals surface area contributed by atoms with Gasteiger partial charge in [0.25, 0.3) is 0 Å². The third-order valence-corrected chi connectivity index (χ3v) is 5.09. The number of halogens is 3. The first-order valence-corrected chi connectivity index (χ1v) is 8.82. The molecule has 0 radical (unpaired) electrons. The minimum atomic E-state index is -4.57. The smallest absolute Gasteiger partial charge is 0.416 e. The fourth-order valence-electron chi connectivity index (χ4n) is 3.62. The van der Waals surface area contributed by atoms with E-state index in [1.807, 2.05) is 0 Å². The number of aryl methyl sites for hydroxylation is 1.